The summed E-state index contributed by atoms with van der Waals surface area (Å²) in [6.07, 6.45) is 7.13. The van der Waals surface area contributed by atoms with Crippen molar-refractivity contribution in [2.45, 2.75) is 75.8 Å². The van der Waals surface area contributed by atoms with Gasteiger partial charge in [0.25, 0.3) is 5.22 Å². The zero-order chi connectivity index (χ0) is 18.5. The average Bonchev–Trinajstić information content (AvgIpc) is 2.93. The van der Waals surface area contributed by atoms with Crippen molar-refractivity contribution < 1.29 is 9.21 Å². The Labute approximate surface area is 159 Å². The van der Waals surface area contributed by atoms with Crippen LogP contribution in [-0.4, -0.2) is 27.4 Å². The molecule has 1 aromatic carbocycles. The molecule has 140 valence electrons. The number of nitrogens with one attached hydrogen (secondary N) is 1. The first-order valence-corrected chi connectivity index (χ1v) is 10.3. The van der Waals surface area contributed by atoms with Gasteiger partial charge in [0.1, 0.15) is 0 Å². The Bertz CT molecular complexity index is 751. The van der Waals surface area contributed by atoms with Gasteiger partial charge < -0.3 is 9.73 Å². The van der Waals surface area contributed by atoms with E-state index in [1.807, 2.05) is 25.1 Å². The maximum absolute atomic E-state index is 12.5. The lowest BCUT2D eigenvalue weighted by atomic mass is 10.1. The highest BCUT2D eigenvalue weighted by molar-refractivity contribution is 8.00. The molecule has 3 rings (SSSR count). The van der Waals surface area contributed by atoms with Crippen LogP contribution in [0.15, 0.2) is 27.8 Å². The van der Waals surface area contributed by atoms with E-state index in [-0.39, 0.29) is 11.2 Å². The lowest BCUT2D eigenvalue weighted by Crippen LogP contribution is -2.39. The summed E-state index contributed by atoms with van der Waals surface area (Å²) in [6.45, 7) is 6.02. The number of amides is 1. The Balaban J connectivity index is 1.59. The molecular weight excluding hydrogens is 346 g/mol. The van der Waals surface area contributed by atoms with Crippen molar-refractivity contribution >= 4 is 17.7 Å². The van der Waals surface area contributed by atoms with Gasteiger partial charge in [-0.15, -0.1) is 10.2 Å². The highest BCUT2D eigenvalue weighted by Crippen LogP contribution is 2.27. The number of thioether (sulfide) groups is 1. The summed E-state index contributed by atoms with van der Waals surface area (Å²) in [5, 5.41) is 11.6. The molecular formula is C20H27N3O2S. The van der Waals surface area contributed by atoms with E-state index in [2.05, 4.69) is 29.4 Å². The van der Waals surface area contributed by atoms with Crippen molar-refractivity contribution in [2.75, 3.05) is 0 Å². The minimum Gasteiger partial charge on any atom is -0.411 e. The maximum Gasteiger partial charge on any atom is 0.277 e. The molecule has 0 aliphatic heterocycles. The standard InChI is InChI=1S/C20H27N3O2S/c1-13-10-11-16(12-14(13)2)19-22-23-20(25-19)26-15(3)18(24)21-17-8-6-4-5-7-9-17/h10-12,15,17H,4-9H2,1-3H3,(H,21,24)/t15-/m0/s1. The van der Waals surface area contributed by atoms with Gasteiger partial charge in [-0.05, 0) is 56.9 Å². The van der Waals surface area contributed by atoms with Gasteiger partial charge in [0.05, 0.1) is 5.25 Å². The number of aromatic nitrogens is 2. The van der Waals surface area contributed by atoms with Gasteiger partial charge in [-0.2, -0.15) is 0 Å². The first-order chi connectivity index (χ1) is 12.5. The topological polar surface area (TPSA) is 68.0 Å². The molecule has 0 saturated heterocycles. The third-order valence-electron chi connectivity index (χ3n) is 5.01. The van der Waals surface area contributed by atoms with E-state index in [0.29, 0.717) is 17.2 Å². The molecule has 0 unspecified atom stereocenters. The third-order valence-corrected chi connectivity index (χ3v) is 5.94. The summed E-state index contributed by atoms with van der Waals surface area (Å²) in [4.78, 5) is 12.5. The number of hydrogen-bond donors (Lipinski definition) is 1. The Hall–Kier alpha value is -1.82. The Morgan fingerprint density at radius 3 is 2.58 bits per heavy atom. The number of benzene rings is 1. The van der Waals surface area contributed by atoms with Gasteiger partial charge in [0.2, 0.25) is 11.8 Å². The number of rotatable bonds is 5. The van der Waals surface area contributed by atoms with Crippen LogP contribution in [0.25, 0.3) is 11.5 Å². The Morgan fingerprint density at radius 2 is 1.88 bits per heavy atom. The molecule has 5 nitrogen and oxygen atoms in total. The van der Waals surface area contributed by atoms with Gasteiger partial charge in [0, 0.05) is 11.6 Å². The van der Waals surface area contributed by atoms with E-state index < -0.39 is 0 Å². The number of hydrogen-bond acceptors (Lipinski definition) is 5. The molecule has 1 atom stereocenters. The summed E-state index contributed by atoms with van der Waals surface area (Å²) in [7, 11) is 0. The second-order valence-electron chi connectivity index (χ2n) is 7.13. The monoisotopic (exact) mass is 373 g/mol. The molecule has 0 spiro atoms. The molecule has 26 heavy (non-hydrogen) atoms. The number of aryl methyl sites for hydroxylation is 2. The van der Waals surface area contributed by atoms with Crippen LogP contribution in [-0.2, 0) is 4.79 Å². The molecule has 1 N–H and O–H groups in total. The highest BCUT2D eigenvalue weighted by Gasteiger charge is 2.22. The summed E-state index contributed by atoms with van der Waals surface area (Å²) < 4.78 is 5.76. The molecule has 0 radical (unpaired) electrons. The van der Waals surface area contributed by atoms with Crippen LogP contribution in [0.5, 0.6) is 0 Å². The molecule has 1 aliphatic carbocycles. The van der Waals surface area contributed by atoms with E-state index in [1.165, 1.54) is 48.6 Å². The van der Waals surface area contributed by atoms with E-state index in [0.717, 1.165) is 18.4 Å². The molecule has 1 fully saturated rings. The first-order valence-electron chi connectivity index (χ1n) is 9.41. The summed E-state index contributed by atoms with van der Waals surface area (Å²) in [5.74, 6) is 0.541. The van der Waals surface area contributed by atoms with Gasteiger partial charge in [-0.3, -0.25) is 4.79 Å². The van der Waals surface area contributed by atoms with Crippen molar-refractivity contribution in [2.24, 2.45) is 0 Å². The number of nitrogens with zero attached hydrogens (tertiary/aromatic N) is 2. The number of carbonyl (C=O) groups excluding carboxylic acids is 1. The lowest BCUT2D eigenvalue weighted by molar-refractivity contribution is -0.121. The zero-order valence-corrected chi connectivity index (χ0v) is 16.6. The van der Waals surface area contributed by atoms with Crippen molar-refractivity contribution in [3.05, 3.63) is 29.3 Å². The summed E-state index contributed by atoms with van der Waals surface area (Å²) in [6, 6.07) is 6.37. The molecule has 1 aromatic heterocycles. The molecule has 0 bridgehead atoms. The molecule has 6 heteroatoms. The Kier molecular flexibility index (Phi) is 6.35. The fraction of sp³-hybridized carbons (Fsp3) is 0.550. The molecule has 1 heterocycles. The van der Waals surface area contributed by atoms with E-state index in [9.17, 15) is 4.79 Å². The smallest absolute Gasteiger partial charge is 0.277 e. The van der Waals surface area contributed by atoms with Crippen LogP contribution in [0.1, 0.15) is 56.6 Å². The van der Waals surface area contributed by atoms with Gasteiger partial charge in [0.15, 0.2) is 0 Å². The normalized spacial score (nSPS) is 16.9. The minimum absolute atomic E-state index is 0.0489. The third kappa shape index (κ3) is 4.87. The van der Waals surface area contributed by atoms with Crippen LogP contribution < -0.4 is 5.32 Å². The van der Waals surface area contributed by atoms with Crippen LogP contribution in [0, 0.1) is 13.8 Å². The van der Waals surface area contributed by atoms with Gasteiger partial charge in [-0.1, -0.05) is 43.5 Å². The second kappa shape index (κ2) is 8.71. The van der Waals surface area contributed by atoms with E-state index >= 15 is 0 Å². The first kappa shape index (κ1) is 19.0. The zero-order valence-electron chi connectivity index (χ0n) is 15.7. The van der Waals surface area contributed by atoms with E-state index in [1.54, 1.807) is 0 Å². The molecule has 2 aromatic rings. The predicted molar refractivity (Wildman–Crippen MR) is 104 cm³/mol. The van der Waals surface area contributed by atoms with Crippen molar-refractivity contribution in [3.8, 4) is 11.5 Å². The summed E-state index contributed by atoms with van der Waals surface area (Å²) >= 11 is 1.32. The average molecular weight is 374 g/mol. The fourth-order valence-electron chi connectivity index (χ4n) is 3.20. The number of carbonyl (C=O) groups is 1. The highest BCUT2D eigenvalue weighted by atomic mass is 32.2. The van der Waals surface area contributed by atoms with Crippen molar-refractivity contribution in [1.29, 1.82) is 0 Å². The predicted octanol–water partition coefficient (Wildman–Crippen LogP) is 4.67. The maximum atomic E-state index is 12.5. The van der Waals surface area contributed by atoms with Crippen LogP contribution in [0.3, 0.4) is 0 Å². The summed E-state index contributed by atoms with van der Waals surface area (Å²) in [5.41, 5.74) is 3.32. The van der Waals surface area contributed by atoms with Crippen molar-refractivity contribution in [1.82, 2.24) is 15.5 Å². The lowest BCUT2D eigenvalue weighted by Gasteiger charge is -2.18. The molecule has 1 amide bonds. The fourth-order valence-corrected chi connectivity index (χ4v) is 3.89. The minimum atomic E-state index is -0.258. The van der Waals surface area contributed by atoms with E-state index in [4.69, 9.17) is 4.42 Å². The second-order valence-corrected chi connectivity index (χ2v) is 8.42. The van der Waals surface area contributed by atoms with Gasteiger partial charge >= 0.3 is 0 Å². The van der Waals surface area contributed by atoms with Crippen LogP contribution in [0.2, 0.25) is 0 Å². The van der Waals surface area contributed by atoms with Crippen LogP contribution >= 0.6 is 11.8 Å². The van der Waals surface area contributed by atoms with Crippen LogP contribution in [0.4, 0.5) is 0 Å². The molecule has 1 saturated carbocycles. The SMILES string of the molecule is Cc1ccc(-c2nnc(S[C@@H](C)C(=O)NC3CCCCCC3)o2)cc1C. The van der Waals surface area contributed by atoms with Gasteiger partial charge in [-0.25, -0.2) is 0 Å². The largest absolute Gasteiger partial charge is 0.411 e. The Morgan fingerprint density at radius 1 is 1.15 bits per heavy atom. The molecule has 1 aliphatic rings. The van der Waals surface area contributed by atoms with Crippen molar-refractivity contribution in [3.63, 3.8) is 0 Å². The quantitative estimate of drug-likeness (QED) is 0.609.